The lowest BCUT2D eigenvalue weighted by atomic mass is 10.3. The molecule has 2 amide bonds. The molecule has 7 nitrogen and oxygen atoms in total. The summed E-state index contributed by atoms with van der Waals surface area (Å²) in [5.41, 5.74) is 1.54. The standard InChI is InChI=1S/C18H19N5O2/c1-12(2)21-18(25)16-22-15(14-8-4-6-10-23(14)16)17(24)20-11-13-7-3-5-9-19-13/h3-10,12H,11H2,1-2H3,(H,20,24)(H,21,25). The molecule has 0 aliphatic carbocycles. The van der Waals surface area contributed by atoms with Gasteiger partial charge in [0, 0.05) is 18.4 Å². The molecule has 0 aliphatic heterocycles. The van der Waals surface area contributed by atoms with Crippen LogP contribution in [0.2, 0.25) is 0 Å². The predicted molar refractivity (Wildman–Crippen MR) is 93.2 cm³/mol. The van der Waals surface area contributed by atoms with E-state index in [0.717, 1.165) is 5.69 Å². The highest BCUT2D eigenvalue weighted by Gasteiger charge is 2.21. The van der Waals surface area contributed by atoms with Crippen LogP contribution in [0.15, 0.2) is 48.8 Å². The molecule has 0 fully saturated rings. The van der Waals surface area contributed by atoms with E-state index in [9.17, 15) is 9.59 Å². The highest BCUT2D eigenvalue weighted by molar-refractivity contribution is 6.02. The van der Waals surface area contributed by atoms with Gasteiger partial charge in [0.15, 0.2) is 5.69 Å². The third-order valence-corrected chi connectivity index (χ3v) is 3.54. The van der Waals surface area contributed by atoms with Crippen LogP contribution in [0.1, 0.15) is 40.6 Å². The Kier molecular flexibility index (Phi) is 4.74. The SMILES string of the molecule is CC(C)NC(=O)c1nc(C(=O)NCc2ccccn2)c2ccccn12. The smallest absolute Gasteiger partial charge is 0.287 e. The average Bonchev–Trinajstić information content (AvgIpc) is 3.00. The minimum absolute atomic E-state index is 0.0232. The van der Waals surface area contributed by atoms with Crippen LogP contribution in [0, 0.1) is 0 Å². The number of fused-ring (bicyclic) bond motifs is 1. The first kappa shape index (κ1) is 16.6. The van der Waals surface area contributed by atoms with Gasteiger partial charge in [-0.25, -0.2) is 4.98 Å². The van der Waals surface area contributed by atoms with E-state index in [-0.39, 0.29) is 29.4 Å². The molecule has 0 saturated carbocycles. The molecule has 128 valence electrons. The molecule has 0 unspecified atom stereocenters. The maximum Gasteiger partial charge on any atom is 0.287 e. The van der Waals surface area contributed by atoms with Crippen molar-refractivity contribution < 1.29 is 9.59 Å². The number of nitrogens with one attached hydrogen (secondary N) is 2. The van der Waals surface area contributed by atoms with Crippen LogP contribution >= 0.6 is 0 Å². The van der Waals surface area contributed by atoms with Gasteiger partial charge in [0.2, 0.25) is 5.82 Å². The second-order valence-corrected chi connectivity index (χ2v) is 5.87. The van der Waals surface area contributed by atoms with Crippen molar-refractivity contribution >= 4 is 17.3 Å². The van der Waals surface area contributed by atoms with E-state index in [1.807, 2.05) is 32.0 Å². The predicted octanol–water partition coefficient (Wildman–Crippen LogP) is 1.80. The lowest BCUT2D eigenvalue weighted by Crippen LogP contribution is -2.31. The summed E-state index contributed by atoms with van der Waals surface area (Å²) >= 11 is 0. The normalized spacial score (nSPS) is 10.8. The molecule has 3 heterocycles. The summed E-state index contributed by atoms with van der Waals surface area (Å²) in [5, 5.41) is 5.59. The molecule has 0 spiro atoms. The first-order valence-electron chi connectivity index (χ1n) is 8.02. The van der Waals surface area contributed by atoms with E-state index in [1.165, 1.54) is 0 Å². The fourth-order valence-electron chi connectivity index (χ4n) is 2.45. The summed E-state index contributed by atoms with van der Waals surface area (Å²) in [6.07, 6.45) is 3.38. The zero-order valence-corrected chi connectivity index (χ0v) is 14.1. The van der Waals surface area contributed by atoms with Crippen LogP contribution < -0.4 is 10.6 Å². The zero-order valence-electron chi connectivity index (χ0n) is 14.1. The van der Waals surface area contributed by atoms with E-state index < -0.39 is 0 Å². The van der Waals surface area contributed by atoms with Crippen LogP contribution in [0.25, 0.3) is 5.52 Å². The van der Waals surface area contributed by atoms with Crippen molar-refractivity contribution in [2.75, 3.05) is 0 Å². The molecule has 2 N–H and O–H groups in total. The number of hydrogen-bond acceptors (Lipinski definition) is 4. The lowest BCUT2D eigenvalue weighted by Gasteiger charge is -2.06. The number of hydrogen-bond donors (Lipinski definition) is 2. The van der Waals surface area contributed by atoms with Gasteiger partial charge in [-0.3, -0.25) is 19.0 Å². The fourth-order valence-corrected chi connectivity index (χ4v) is 2.45. The maximum atomic E-state index is 12.5. The maximum absolute atomic E-state index is 12.5. The number of carbonyl (C=O) groups is 2. The molecule has 0 atom stereocenters. The Morgan fingerprint density at radius 3 is 2.64 bits per heavy atom. The van der Waals surface area contributed by atoms with E-state index in [0.29, 0.717) is 12.1 Å². The van der Waals surface area contributed by atoms with E-state index >= 15 is 0 Å². The van der Waals surface area contributed by atoms with Gasteiger partial charge >= 0.3 is 0 Å². The number of aromatic nitrogens is 3. The van der Waals surface area contributed by atoms with Gasteiger partial charge in [0.05, 0.1) is 17.8 Å². The molecule has 0 saturated heterocycles. The third kappa shape index (κ3) is 3.65. The monoisotopic (exact) mass is 337 g/mol. The van der Waals surface area contributed by atoms with Crippen molar-refractivity contribution in [2.24, 2.45) is 0 Å². The number of amides is 2. The van der Waals surface area contributed by atoms with Crippen molar-refractivity contribution in [3.8, 4) is 0 Å². The molecule has 3 aromatic heterocycles. The highest BCUT2D eigenvalue weighted by Crippen LogP contribution is 2.13. The second kappa shape index (κ2) is 7.12. The van der Waals surface area contributed by atoms with Crippen molar-refractivity contribution in [3.63, 3.8) is 0 Å². The summed E-state index contributed by atoms with van der Waals surface area (Å²) < 4.78 is 1.62. The van der Waals surface area contributed by atoms with Crippen molar-refractivity contribution in [2.45, 2.75) is 26.4 Å². The Balaban J connectivity index is 1.88. The quantitative estimate of drug-likeness (QED) is 0.743. The Bertz CT molecular complexity index is 902. The van der Waals surface area contributed by atoms with E-state index in [1.54, 1.807) is 35.0 Å². The molecule has 7 heteroatoms. The molecule has 3 rings (SSSR count). The zero-order chi connectivity index (χ0) is 17.8. The molecular formula is C18H19N5O2. The van der Waals surface area contributed by atoms with Gasteiger partial charge in [0.25, 0.3) is 11.8 Å². The van der Waals surface area contributed by atoms with Gasteiger partial charge in [-0.2, -0.15) is 0 Å². The number of rotatable bonds is 5. The number of pyridine rings is 2. The van der Waals surface area contributed by atoms with Gasteiger partial charge in [-0.15, -0.1) is 0 Å². The molecule has 0 aromatic carbocycles. The van der Waals surface area contributed by atoms with Crippen molar-refractivity contribution in [3.05, 3.63) is 66.0 Å². The van der Waals surface area contributed by atoms with Gasteiger partial charge in [-0.1, -0.05) is 12.1 Å². The lowest BCUT2D eigenvalue weighted by molar-refractivity contribution is 0.0932. The molecule has 0 radical (unpaired) electrons. The Morgan fingerprint density at radius 2 is 1.92 bits per heavy atom. The summed E-state index contributed by atoms with van der Waals surface area (Å²) in [7, 11) is 0. The molecule has 3 aromatic rings. The van der Waals surface area contributed by atoms with Crippen LogP contribution in [-0.2, 0) is 6.54 Å². The number of nitrogens with zero attached hydrogens (tertiary/aromatic N) is 3. The molecule has 0 aliphatic rings. The minimum Gasteiger partial charge on any atom is -0.347 e. The summed E-state index contributed by atoms with van der Waals surface area (Å²) in [6, 6.07) is 10.8. The van der Waals surface area contributed by atoms with Crippen LogP contribution in [0.4, 0.5) is 0 Å². The topological polar surface area (TPSA) is 88.4 Å². The molecular weight excluding hydrogens is 318 g/mol. The number of carbonyl (C=O) groups excluding carboxylic acids is 2. The summed E-state index contributed by atoms with van der Waals surface area (Å²) in [4.78, 5) is 33.3. The van der Waals surface area contributed by atoms with Gasteiger partial charge in [-0.05, 0) is 38.1 Å². The van der Waals surface area contributed by atoms with Crippen LogP contribution in [-0.4, -0.2) is 32.2 Å². The van der Waals surface area contributed by atoms with Crippen molar-refractivity contribution in [1.29, 1.82) is 0 Å². The average molecular weight is 337 g/mol. The van der Waals surface area contributed by atoms with E-state index in [4.69, 9.17) is 0 Å². The van der Waals surface area contributed by atoms with Crippen LogP contribution in [0.5, 0.6) is 0 Å². The highest BCUT2D eigenvalue weighted by atomic mass is 16.2. The van der Waals surface area contributed by atoms with Gasteiger partial charge < -0.3 is 10.6 Å². The van der Waals surface area contributed by atoms with E-state index in [2.05, 4.69) is 20.6 Å². The largest absolute Gasteiger partial charge is 0.347 e. The summed E-state index contributed by atoms with van der Waals surface area (Å²) in [5.74, 6) is -0.481. The molecule has 25 heavy (non-hydrogen) atoms. The van der Waals surface area contributed by atoms with Gasteiger partial charge in [0.1, 0.15) is 0 Å². The third-order valence-electron chi connectivity index (χ3n) is 3.54. The summed E-state index contributed by atoms with van der Waals surface area (Å²) in [6.45, 7) is 4.03. The Hall–Kier alpha value is -3.22. The Labute approximate surface area is 145 Å². The first-order valence-corrected chi connectivity index (χ1v) is 8.02. The van der Waals surface area contributed by atoms with Crippen molar-refractivity contribution in [1.82, 2.24) is 25.0 Å². The number of imidazole rings is 1. The fraction of sp³-hybridized carbons (Fsp3) is 0.222. The Morgan fingerprint density at radius 1 is 1.12 bits per heavy atom. The molecule has 0 bridgehead atoms. The minimum atomic E-state index is -0.349. The second-order valence-electron chi connectivity index (χ2n) is 5.87. The van der Waals surface area contributed by atoms with Crippen LogP contribution in [0.3, 0.4) is 0 Å². The first-order chi connectivity index (χ1) is 12.1.